The molecular weight excluding hydrogens is 292 g/mol. The van der Waals surface area contributed by atoms with Gasteiger partial charge >= 0.3 is 5.97 Å². The van der Waals surface area contributed by atoms with Crippen LogP contribution in [0, 0.1) is 5.92 Å². The van der Waals surface area contributed by atoms with E-state index in [-0.39, 0.29) is 5.92 Å². The normalized spacial score (nSPS) is 16.6. The lowest BCUT2D eigenvalue weighted by molar-refractivity contribution is -0.143. The van der Waals surface area contributed by atoms with Crippen LogP contribution in [-0.2, 0) is 11.2 Å². The van der Waals surface area contributed by atoms with Gasteiger partial charge in [0.1, 0.15) is 5.75 Å². The van der Waals surface area contributed by atoms with Crippen molar-refractivity contribution in [3.8, 4) is 5.75 Å². The van der Waals surface area contributed by atoms with Crippen LogP contribution in [0.15, 0.2) is 30.5 Å². The van der Waals surface area contributed by atoms with E-state index in [9.17, 15) is 4.79 Å². The van der Waals surface area contributed by atoms with Crippen molar-refractivity contribution in [1.29, 1.82) is 0 Å². The topological polar surface area (TPSA) is 62.7 Å². The minimum atomic E-state index is -0.656. The quantitative estimate of drug-likeness (QED) is 0.919. The van der Waals surface area contributed by atoms with Gasteiger partial charge in [-0.25, -0.2) is 0 Å². The largest absolute Gasteiger partial charge is 0.497 e. The number of carboxylic acid groups (broad SMARTS) is 1. The summed E-state index contributed by atoms with van der Waals surface area (Å²) >= 11 is 0. The number of likely N-dealkylation sites (tertiary alicyclic amines) is 1. The zero-order valence-electron chi connectivity index (χ0n) is 13.4. The first-order chi connectivity index (χ1) is 11.2. The number of rotatable bonds is 5. The van der Waals surface area contributed by atoms with Gasteiger partial charge in [-0.15, -0.1) is 0 Å². The van der Waals surface area contributed by atoms with Gasteiger partial charge in [0.25, 0.3) is 0 Å². The molecule has 5 nitrogen and oxygen atoms in total. The molecule has 1 aliphatic heterocycles. The number of methoxy groups -OCH3 is 1. The molecule has 0 aliphatic carbocycles. The van der Waals surface area contributed by atoms with E-state index in [0.717, 1.165) is 55.5 Å². The molecule has 1 aromatic carbocycles. The molecule has 3 rings (SSSR count). The molecule has 0 atom stereocenters. The van der Waals surface area contributed by atoms with Crippen LogP contribution in [0.1, 0.15) is 18.4 Å². The van der Waals surface area contributed by atoms with Gasteiger partial charge in [0, 0.05) is 18.1 Å². The Hall–Kier alpha value is -2.14. The number of fused-ring (bicyclic) bond motifs is 1. The monoisotopic (exact) mass is 314 g/mol. The summed E-state index contributed by atoms with van der Waals surface area (Å²) in [6.07, 6.45) is 4.28. The predicted molar refractivity (Wildman–Crippen MR) is 88.8 cm³/mol. The van der Waals surface area contributed by atoms with Gasteiger partial charge in [0.2, 0.25) is 0 Å². The molecule has 0 saturated carbocycles. The number of nitrogens with zero attached hydrogens (tertiary/aromatic N) is 2. The number of carbonyl (C=O) groups is 1. The number of hydrogen-bond acceptors (Lipinski definition) is 4. The van der Waals surface area contributed by atoms with E-state index in [1.165, 1.54) is 5.56 Å². The lowest BCUT2D eigenvalue weighted by Gasteiger charge is -2.30. The van der Waals surface area contributed by atoms with Gasteiger partial charge in [-0.3, -0.25) is 9.78 Å². The van der Waals surface area contributed by atoms with Gasteiger partial charge in [-0.1, -0.05) is 0 Å². The fourth-order valence-electron chi connectivity index (χ4n) is 3.21. The van der Waals surface area contributed by atoms with Crippen LogP contribution in [0.25, 0.3) is 10.9 Å². The number of hydrogen-bond donors (Lipinski definition) is 1. The summed E-state index contributed by atoms with van der Waals surface area (Å²) in [6, 6.07) is 8.01. The van der Waals surface area contributed by atoms with Crippen LogP contribution in [0.4, 0.5) is 0 Å². The summed E-state index contributed by atoms with van der Waals surface area (Å²) in [5.41, 5.74) is 2.24. The van der Waals surface area contributed by atoms with Crippen molar-refractivity contribution in [3.05, 3.63) is 36.0 Å². The molecular formula is C18H22N2O3. The van der Waals surface area contributed by atoms with Crippen LogP contribution in [0.5, 0.6) is 5.75 Å². The second-order valence-electron chi connectivity index (χ2n) is 6.06. The average molecular weight is 314 g/mol. The third-order valence-corrected chi connectivity index (χ3v) is 4.67. The zero-order valence-corrected chi connectivity index (χ0v) is 13.4. The first kappa shape index (κ1) is 15.7. The second kappa shape index (κ2) is 6.96. The smallest absolute Gasteiger partial charge is 0.306 e. The maximum Gasteiger partial charge on any atom is 0.306 e. The van der Waals surface area contributed by atoms with Crippen molar-refractivity contribution < 1.29 is 14.6 Å². The maximum absolute atomic E-state index is 11.0. The summed E-state index contributed by atoms with van der Waals surface area (Å²) in [4.78, 5) is 17.8. The molecule has 23 heavy (non-hydrogen) atoms. The number of aromatic nitrogens is 1. The molecule has 1 aromatic heterocycles. The molecule has 122 valence electrons. The maximum atomic E-state index is 11.0. The Bertz CT molecular complexity index is 694. The van der Waals surface area contributed by atoms with Crippen molar-refractivity contribution in [2.24, 2.45) is 5.92 Å². The molecule has 1 N–H and O–H groups in total. The Kier molecular flexibility index (Phi) is 4.76. The highest BCUT2D eigenvalue weighted by molar-refractivity contribution is 5.83. The molecule has 1 fully saturated rings. The summed E-state index contributed by atoms with van der Waals surface area (Å²) < 4.78 is 5.31. The van der Waals surface area contributed by atoms with Gasteiger partial charge in [0.15, 0.2) is 0 Å². The predicted octanol–water partition coefficient (Wildman–Crippen LogP) is 2.58. The zero-order chi connectivity index (χ0) is 16.2. The third-order valence-electron chi connectivity index (χ3n) is 4.67. The molecule has 1 saturated heterocycles. The van der Waals surface area contributed by atoms with Crippen molar-refractivity contribution >= 4 is 16.9 Å². The van der Waals surface area contributed by atoms with E-state index in [1.54, 1.807) is 7.11 Å². The third kappa shape index (κ3) is 3.62. The van der Waals surface area contributed by atoms with Crippen LogP contribution >= 0.6 is 0 Å². The minimum Gasteiger partial charge on any atom is -0.497 e. The Labute approximate surface area is 135 Å². The Balaban J connectivity index is 1.67. The molecule has 2 heterocycles. The van der Waals surface area contributed by atoms with Gasteiger partial charge in [0.05, 0.1) is 18.5 Å². The molecule has 0 amide bonds. The molecule has 1 aliphatic rings. The first-order valence-corrected chi connectivity index (χ1v) is 8.04. The Morgan fingerprint density at radius 2 is 2.13 bits per heavy atom. The van der Waals surface area contributed by atoms with E-state index < -0.39 is 5.97 Å². The first-order valence-electron chi connectivity index (χ1n) is 8.04. The fourth-order valence-corrected chi connectivity index (χ4v) is 3.21. The number of pyridine rings is 1. The molecule has 0 bridgehead atoms. The number of aliphatic carboxylic acids is 1. The SMILES string of the molecule is COc1ccc2nccc(CCN3CCC(C(=O)O)CC3)c2c1. The molecule has 0 spiro atoms. The average Bonchev–Trinajstić information content (AvgIpc) is 2.59. The number of carboxylic acids is 1. The van der Waals surface area contributed by atoms with Crippen LogP contribution in [0.3, 0.4) is 0 Å². The highest BCUT2D eigenvalue weighted by Gasteiger charge is 2.24. The van der Waals surface area contributed by atoms with E-state index >= 15 is 0 Å². The van der Waals surface area contributed by atoms with Gasteiger partial charge < -0.3 is 14.7 Å². The van der Waals surface area contributed by atoms with E-state index in [0.29, 0.717) is 0 Å². The Morgan fingerprint density at radius 3 is 2.83 bits per heavy atom. The lowest BCUT2D eigenvalue weighted by atomic mass is 9.96. The summed E-state index contributed by atoms with van der Waals surface area (Å²) in [7, 11) is 1.67. The lowest BCUT2D eigenvalue weighted by Crippen LogP contribution is -2.37. The highest BCUT2D eigenvalue weighted by atomic mass is 16.5. The summed E-state index contributed by atoms with van der Waals surface area (Å²) in [5, 5.41) is 10.2. The molecule has 5 heteroatoms. The highest BCUT2D eigenvalue weighted by Crippen LogP contribution is 2.23. The van der Waals surface area contributed by atoms with Gasteiger partial charge in [-0.2, -0.15) is 0 Å². The molecule has 0 unspecified atom stereocenters. The van der Waals surface area contributed by atoms with Crippen molar-refractivity contribution in [3.63, 3.8) is 0 Å². The van der Waals surface area contributed by atoms with Crippen molar-refractivity contribution in [2.45, 2.75) is 19.3 Å². The van der Waals surface area contributed by atoms with E-state index in [1.807, 2.05) is 24.4 Å². The summed E-state index contributed by atoms with van der Waals surface area (Å²) in [5.74, 6) is 0.0168. The molecule has 2 aromatic rings. The van der Waals surface area contributed by atoms with E-state index in [2.05, 4.69) is 16.0 Å². The number of ether oxygens (including phenoxy) is 1. The van der Waals surface area contributed by atoms with Gasteiger partial charge in [-0.05, 0) is 62.2 Å². The van der Waals surface area contributed by atoms with E-state index in [4.69, 9.17) is 9.84 Å². The minimum absolute atomic E-state index is 0.169. The fraction of sp³-hybridized carbons (Fsp3) is 0.444. The Morgan fingerprint density at radius 1 is 1.35 bits per heavy atom. The number of benzene rings is 1. The van der Waals surface area contributed by atoms with Crippen molar-refractivity contribution in [2.75, 3.05) is 26.7 Å². The standard InChI is InChI=1S/C18H22N2O3/c1-23-15-2-3-17-16(12-15)13(4-8-19-17)5-9-20-10-6-14(7-11-20)18(21)22/h2-4,8,12,14H,5-7,9-11H2,1H3,(H,21,22). The van der Waals surface area contributed by atoms with Crippen LogP contribution in [-0.4, -0.2) is 47.7 Å². The second-order valence-corrected chi connectivity index (χ2v) is 6.06. The summed E-state index contributed by atoms with van der Waals surface area (Å²) in [6.45, 7) is 2.68. The number of piperidine rings is 1. The van der Waals surface area contributed by atoms with Crippen LogP contribution in [0.2, 0.25) is 0 Å². The van der Waals surface area contributed by atoms with Crippen LogP contribution < -0.4 is 4.74 Å². The van der Waals surface area contributed by atoms with Crippen molar-refractivity contribution in [1.82, 2.24) is 9.88 Å². The molecule has 0 radical (unpaired) electrons.